The van der Waals surface area contributed by atoms with Crippen LogP contribution >= 0.6 is 21.6 Å². The van der Waals surface area contributed by atoms with Crippen molar-refractivity contribution in [1.29, 1.82) is 0 Å². The first-order chi connectivity index (χ1) is 22.4. The number of nitrogens with one attached hydrogen (secondary N) is 1. The van der Waals surface area contributed by atoms with E-state index >= 15 is 0 Å². The molecule has 0 amide bonds. The first kappa shape index (κ1) is 32.6. The molecule has 0 spiro atoms. The van der Waals surface area contributed by atoms with Gasteiger partial charge >= 0.3 is 0 Å². The number of benzene rings is 4. The number of Topliss-reactive ketones (excluding diaryl/α,β-unsaturated/α-hetero) is 1. The van der Waals surface area contributed by atoms with Crippen LogP contribution in [0.3, 0.4) is 0 Å². The summed E-state index contributed by atoms with van der Waals surface area (Å²) < 4.78 is 12.6. The summed E-state index contributed by atoms with van der Waals surface area (Å²) in [5.74, 6) is 2.05. The maximum Gasteiger partial charge on any atom is 0.168 e. The van der Waals surface area contributed by atoms with Crippen LogP contribution in [-0.4, -0.2) is 47.1 Å². The number of carbonyl (C=O) groups is 1. The van der Waals surface area contributed by atoms with Crippen molar-refractivity contribution < 1.29 is 29.6 Å². The summed E-state index contributed by atoms with van der Waals surface area (Å²) in [7, 11) is 7.12. The van der Waals surface area contributed by atoms with E-state index in [4.69, 9.17) is 9.47 Å². The molecule has 6 rings (SSSR count). The predicted octanol–water partition coefficient (Wildman–Crippen LogP) is 8.45. The number of ketones is 1. The van der Waals surface area contributed by atoms with E-state index in [9.17, 15) is 20.1 Å². The molecular weight excluding hydrogens is 619 g/mol. The Bertz CT molecular complexity index is 1710. The van der Waals surface area contributed by atoms with Crippen LogP contribution in [0.25, 0.3) is 21.9 Å². The van der Waals surface area contributed by atoms with Crippen molar-refractivity contribution in [2.24, 2.45) is 5.92 Å². The van der Waals surface area contributed by atoms with Gasteiger partial charge in [-0.2, -0.15) is 0 Å². The number of aromatic hydroxyl groups is 3. The normalized spacial score (nSPS) is 21.4. The molecule has 1 fully saturated rings. The zero-order valence-electron chi connectivity index (χ0n) is 26.2. The Morgan fingerprint density at radius 2 is 1.76 bits per heavy atom. The van der Waals surface area contributed by atoms with E-state index in [1.54, 1.807) is 37.4 Å². The maximum absolute atomic E-state index is 13.8. The zero-order chi connectivity index (χ0) is 32.2. The van der Waals surface area contributed by atoms with E-state index in [1.807, 2.05) is 52.9 Å². The summed E-state index contributed by atoms with van der Waals surface area (Å²) in [4.78, 5) is 13.8. The van der Waals surface area contributed by atoms with E-state index < -0.39 is 6.23 Å². The number of rotatable bonds is 5. The molecule has 4 N–H and O–H groups in total. The molecule has 0 radical (unpaired) electrons. The van der Waals surface area contributed by atoms with E-state index in [0.29, 0.717) is 25.0 Å². The molecule has 0 unspecified atom stereocenters. The maximum atomic E-state index is 13.8. The molecule has 0 saturated carbocycles. The van der Waals surface area contributed by atoms with Crippen LogP contribution in [0.2, 0.25) is 0 Å². The van der Waals surface area contributed by atoms with Crippen molar-refractivity contribution in [2.75, 3.05) is 19.9 Å². The van der Waals surface area contributed by atoms with Gasteiger partial charge in [-0.05, 0) is 108 Å². The Labute approximate surface area is 278 Å². The minimum Gasteiger partial charge on any atom is -0.508 e. The number of carbonyl (C=O) groups excluding carboxylic acids is 1. The SMILES string of the molecule is CN[C@H](O[C@H]1CC(=O)CCc2ccc(O)c(OC)c2-c2ccc3ccc(O)cc3c2[C@H]2CC[C@H]1CCCSS2)c1cccc(O)c1. The topological polar surface area (TPSA) is 108 Å². The summed E-state index contributed by atoms with van der Waals surface area (Å²) >= 11 is 0. The van der Waals surface area contributed by atoms with Gasteiger partial charge in [-0.3, -0.25) is 10.1 Å². The van der Waals surface area contributed by atoms with Gasteiger partial charge in [0.2, 0.25) is 0 Å². The first-order valence-corrected chi connectivity index (χ1v) is 18.3. The van der Waals surface area contributed by atoms with Crippen molar-refractivity contribution in [3.8, 4) is 34.1 Å². The molecule has 0 aromatic heterocycles. The van der Waals surface area contributed by atoms with Crippen LogP contribution in [0.4, 0.5) is 0 Å². The molecule has 46 heavy (non-hydrogen) atoms. The molecule has 9 heteroatoms. The summed E-state index contributed by atoms with van der Waals surface area (Å²) in [6.45, 7) is 0. The van der Waals surface area contributed by atoms with Crippen molar-refractivity contribution in [2.45, 2.75) is 62.5 Å². The average molecular weight is 660 g/mol. The lowest BCUT2D eigenvalue weighted by Gasteiger charge is -2.31. The third kappa shape index (κ3) is 6.98. The number of hydrogen-bond donors (Lipinski definition) is 4. The smallest absolute Gasteiger partial charge is 0.168 e. The molecule has 2 aliphatic rings. The molecule has 242 valence electrons. The van der Waals surface area contributed by atoms with Crippen LogP contribution < -0.4 is 10.1 Å². The van der Waals surface area contributed by atoms with E-state index in [2.05, 4.69) is 17.4 Å². The van der Waals surface area contributed by atoms with Crippen LogP contribution in [0.1, 0.15) is 66.7 Å². The average Bonchev–Trinajstić information content (AvgIpc) is 3.17. The second-order valence-electron chi connectivity index (χ2n) is 12.2. The number of phenolic OH excluding ortho intramolecular Hbond substituents is 3. The lowest BCUT2D eigenvalue weighted by molar-refractivity contribution is -0.126. The number of methoxy groups -OCH3 is 1. The monoisotopic (exact) mass is 659 g/mol. The fraction of sp³-hybridized carbons (Fsp3) is 0.378. The fourth-order valence-corrected chi connectivity index (χ4v) is 9.82. The Morgan fingerprint density at radius 1 is 0.935 bits per heavy atom. The third-order valence-electron chi connectivity index (χ3n) is 9.23. The molecule has 7 nitrogen and oxygen atoms in total. The highest BCUT2D eigenvalue weighted by atomic mass is 33.1. The fourth-order valence-electron chi connectivity index (χ4n) is 6.98. The largest absolute Gasteiger partial charge is 0.508 e. The minimum atomic E-state index is -0.478. The zero-order valence-corrected chi connectivity index (χ0v) is 27.8. The quantitative estimate of drug-likeness (QED) is 0.124. The molecule has 1 aliphatic heterocycles. The van der Waals surface area contributed by atoms with Crippen molar-refractivity contribution in [3.63, 3.8) is 0 Å². The van der Waals surface area contributed by atoms with Crippen LogP contribution in [0.5, 0.6) is 23.0 Å². The molecule has 4 atom stereocenters. The van der Waals surface area contributed by atoms with Gasteiger partial charge in [0.1, 0.15) is 23.5 Å². The lowest BCUT2D eigenvalue weighted by atomic mass is 9.85. The predicted molar refractivity (Wildman–Crippen MR) is 187 cm³/mol. The van der Waals surface area contributed by atoms with Gasteiger partial charge in [0.15, 0.2) is 11.5 Å². The van der Waals surface area contributed by atoms with Gasteiger partial charge in [0, 0.05) is 29.4 Å². The first-order valence-electron chi connectivity index (χ1n) is 15.9. The van der Waals surface area contributed by atoms with E-state index in [-0.39, 0.29) is 40.3 Å². The van der Waals surface area contributed by atoms with Gasteiger partial charge < -0.3 is 24.8 Å². The highest BCUT2D eigenvalue weighted by Crippen LogP contribution is 2.52. The lowest BCUT2D eigenvalue weighted by Crippen LogP contribution is -2.33. The Kier molecular flexibility index (Phi) is 10.3. The van der Waals surface area contributed by atoms with E-state index in [0.717, 1.165) is 70.0 Å². The molecule has 4 aromatic carbocycles. The van der Waals surface area contributed by atoms with Gasteiger partial charge in [-0.25, -0.2) is 0 Å². The van der Waals surface area contributed by atoms with Gasteiger partial charge in [0.05, 0.1) is 13.2 Å². The second kappa shape index (κ2) is 14.6. The van der Waals surface area contributed by atoms with Gasteiger partial charge in [-0.1, -0.05) is 58.0 Å². The Hall–Kier alpha value is -3.37. The van der Waals surface area contributed by atoms with Crippen molar-refractivity contribution in [1.82, 2.24) is 5.32 Å². The van der Waals surface area contributed by atoms with Crippen LogP contribution in [-0.2, 0) is 16.0 Å². The molecule has 1 saturated heterocycles. The Balaban J connectivity index is 1.50. The van der Waals surface area contributed by atoms with Crippen molar-refractivity contribution in [3.05, 3.63) is 83.4 Å². The summed E-state index contributed by atoms with van der Waals surface area (Å²) in [5.41, 5.74) is 4.59. The number of phenols is 3. The standard InChI is InChI=1S/C37H41NO6S2/c1-38-37(25-5-3-7-26(39)19-25)44-32-21-28(41)14-9-24-11-16-31(42)36(43-2)34(24)29-15-10-22-8-13-27(40)20-30(22)35(29)33-17-12-23(32)6-4-18-45-46-33/h3,5,7-8,10-11,13,15-16,19-20,23,32-33,37-40,42H,4,6,9,12,14,17-18,21H2,1-2H3/t23-,32+,33-,37-/m1/s1. The third-order valence-corrected chi connectivity index (χ3v) is 12.1. The van der Waals surface area contributed by atoms with Gasteiger partial charge in [-0.15, -0.1) is 0 Å². The van der Waals surface area contributed by atoms with Crippen LogP contribution in [0, 0.1) is 5.92 Å². The van der Waals surface area contributed by atoms with E-state index in [1.165, 1.54) is 0 Å². The Morgan fingerprint density at radius 3 is 2.57 bits per heavy atom. The number of aryl methyl sites for hydroxylation is 1. The number of ether oxygens (including phenoxy) is 2. The highest BCUT2D eigenvalue weighted by molar-refractivity contribution is 8.76. The van der Waals surface area contributed by atoms with Crippen LogP contribution in [0.15, 0.2) is 66.7 Å². The molecule has 4 aromatic rings. The molecule has 1 aliphatic carbocycles. The highest BCUT2D eigenvalue weighted by Gasteiger charge is 2.32. The molecule has 2 bridgehead atoms. The number of hydrogen-bond acceptors (Lipinski definition) is 9. The molecular formula is C37H41NO6S2. The molecule has 1 heterocycles. The summed E-state index contributed by atoms with van der Waals surface area (Å²) in [6.07, 6.45) is 3.94. The second-order valence-corrected chi connectivity index (χ2v) is 14.8. The summed E-state index contributed by atoms with van der Waals surface area (Å²) in [6, 6.07) is 20.3. The minimum absolute atomic E-state index is 0.0499. The van der Waals surface area contributed by atoms with Crippen molar-refractivity contribution >= 4 is 38.1 Å². The number of fused-ring (bicyclic) bond motifs is 9. The van der Waals surface area contributed by atoms with Gasteiger partial charge in [0.25, 0.3) is 0 Å². The summed E-state index contributed by atoms with van der Waals surface area (Å²) in [5, 5.41) is 37.1.